The second-order valence-corrected chi connectivity index (χ2v) is 2.40. The van der Waals surface area contributed by atoms with Crippen molar-refractivity contribution in [1.29, 1.82) is 0 Å². The normalized spacial score (nSPS) is 9.71. The predicted molar refractivity (Wildman–Crippen MR) is 43.6 cm³/mol. The Bertz CT molecular complexity index is 434. The second-order valence-electron chi connectivity index (χ2n) is 2.40. The minimum Gasteiger partial charge on any atom is -0.550 e. The van der Waals surface area contributed by atoms with E-state index in [1.807, 2.05) is 10.1 Å². The molecular formula is C6H7N4O4-. The average Bonchev–Trinajstić information content (AvgIpc) is 2.08. The van der Waals surface area contributed by atoms with Crippen LogP contribution in [0.25, 0.3) is 0 Å². The second kappa shape index (κ2) is 4.21. The maximum Gasteiger partial charge on any atom is 0.342 e. The molecule has 0 aliphatic heterocycles. The number of carboxylic acids is 1. The van der Waals surface area contributed by atoms with Gasteiger partial charge < -0.3 is 15.2 Å². The van der Waals surface area contributed by atoms with Crippen LogP contribution >= 0.6 is 0 Å². The Balaban J connectivity index is 2.64. The van der Waals surface area contributed by atoms with Gasteiger partial charge in [0.05, 0.1) is 0 Å². The fourth-order valence-electron chi connectivity index (χ4n) is 0.750. The molecule has 0 aliphatic carbocycles. The highest BCUT2D eigenvalue weighted by molar-refractivity contribution is 5.64. The molecule has 0 radical (unpaired) electrons. The van der Waals surface area contributed by atoms with Crippen LogP contribution < -0.4 is 21.7 Å². The molecule has 8 heteroatoms. The van der Waals surface area contributed by atoms with Gasteiger partial charge in [-0.05, 0) is 0 Å². The van der Waals surface area contributed by atoms with E-state index in [2.05, 4.69) is 10.4 Å². The lowest BCUT2D eigenvalue weighted by Gasteiger charge is -2.03. The van der Waals surface area contributed by atoms with Crippen molar-refractivity contribution in [2.24, 2.45) is 0 Å². The quantitative estimate of drug-likeness (QED) is 0.474. The van der Waals surface area contributed by atoms with Gasteiger partial charge in [0, 0.05) is 18.9 Å². The zero-order chi connectivity index (χ0) is 10.6. The third kappa shape index (κ3) is 2.73. The van der Waals surface area contributed by atoms with Gasteiger partial charge in [0.25, 0.3) is 5.56 Å². The minimum atomic E-state index is -1.24. The largest absolute Gasteiger partial charge is 0.550 e. The maximum absolute atomic E-state index is 11.0. The van der Waals surface area contributed by atoms with Crippen molar-refractivity contribution in [2.45, 2.75) is 6.42 Å². The molecule has 0 atom stereocenters. The molecule has 76 valence electrons. The number of carbonyl (C=O) groups excluding carboxylic acids is 1. The van der Waals surface area contributed by atoms with Gasteiger partial charge in [0.2, 0.25) is 5.82 Å². The molecule has 1 heterocycles. The summed E-state index contributed by atoms with van der Waals surface area (Å²) in [5.41, 5.74) is -1.42. The van der Waals surface area contributed by atoms with Crippen molar-refractivity contribution in [3.63, 3.8) is 0 Å². The predicted octanol–water partition coefficient (Wildman–Crippen LogP) is -2.99. The van der Waals surface area contributed by atoms with E-state index in [-0.39, 0.29) is 18.8 Å². The molecule has 0 amide bonds. The van der Waals surface area contributed by atoms with Gasteiger partial charge >= 0.3 is 5.69 Å². The SMILES string of the molecule is O=C([O-])CCNc1n[nH]c(=O)[nH]c1=O. The smallest absolute Gasteiger partial charge is 0.342 e. The molecule has 0 unspecified atom stereocenters. The number of anilines is 1. The van der Waals surface area contributed by atoms with Crippen molar-refractivity contribution in [1.82, 2.24) is 15.2 Å². The molecule has 1 rings (SSSR count). The summed E-state index contributed by atoms with van der Waals surface area (Å²) in [5, 5.41) is 17.8. The Morgan fingerprint density at radius 1 is 1.50 bits per heavy atom. The van der Waals surface area contributed by atoms with Crippen LogP contribution in [0.5, 0.6) is 0 Å². The molecule has 1 aromatic rings. The lowest BCUT2D eigenvalue weighted by atomic mass is 10.4. The number of aromatic nitrogens is 3. The standard InChI is InChI=1S/C6H8N4O4/c11-3(12)1-2-7-4-5(13)8-6(14)10-9-4/h1-2H2,(H,7,9)(H,11,12)(H2,8,10,13,14)/p-1. The molecule has 8 nitrogen and oxygen atoms in total. The van der Waals surface area contributed by atoms with E-state index in [1.165, 1.54) is 0 Å². The summed E-state index contributed by atoms with van der Waals surface area (Å²) < 4.78 is 0. The topological polar surface area (TPSA) is 131 Å². The van der Waals surface area contributed by atoms with Crippen molar-refractivity contribution < 1.29 is 9.90 Å². The Labute approximate surface area is 77.0 Å². The summed E-state index contributed by atoms with van der Waals surface area (Å²) in [5.74, 6) is -1.37. The summed E-state index contributed by atoms with van der Waals surface area (Å²) >= 11 is 0. The number of nitrogens with one attached hydrogen (secondary N) is 3. The van der Waals surface area contributed by atoms with Crippen molar-refractivity contribution in [2.75, 3.05) is 11.9 Å². The summed E-state index contributed by atoms with van der Waals surface area (Å²) in [4.78, 5) is 33.4. The van der Waals surface area contributed by atoms with E-state index in [9.17, 15) is 19.5 Å². The van der Waals surface area contributed by atoms with Crippen molar-refractivity contribution in [3.8, 4) is 0 Å². The Hall–Kier alpha value is -2.12. The van der Waals surface area contributed by atoms with Crippen LogP contribution in [-0.2, 0) is 4.79 Å². The van der Waals surface area contributed by atoms with E-state index in [1.54, 1.807) is 0 Å². The molecule has 0 saturated heterocycles. The molecule has 0 bridgehead atoms. The minimum absolute atomic E-state index is 0.00442. The van der Waals surface area contributed by atoms with Gasteiger partial charge in [-0.15, -0.1) is 5.10 Å². The van der Waals surface area contributed by atoms with Gasteiger partial charge in [0.15, 0.2) is 0 Å². The van der Waals surface area contributed by atoms with Gasteiger partial charge in [-0.2, -0.15) is 0 Å². The number of aromatic amines is 2. The first-order chi connectivity index (χ1) is 6.59. The van der Waals surface area contributed by atoms with Crippen LogP contribution in [0.15, 0.2) is 9.59 Å². The Kier molecular flexibility index (Phi) is 3.00. The van der Waals surface area contributed by atoms with E-state index in [4.69, 9.17) is 0 Å². The fourth-order valence-corrected chi connectivity index (χ4v) is 0.750. The number of H-pyrrole nitrogens is 2. The highest BCUT2D eigenvalue weighted by atomic mass is 16.4. The van der Waals surface area contributed by atoms with Crippen LogP contribution in [0.3, 0.4) is 0 Å². The van der Waals surface area contributed by atoms with Crippen LogP contribution in [0.1, 0.15) is 6.42 Å². The molecule has 0 saturated carbocycles. The van der Waals surface area contributed by atoms with Crippen LogP contribution in [-0.4, -0.2) is 27.7 Å². The summed E-state index contributed by atoms with van der Waals surface area (Å²) in [6.45, 7) is 0.00442. The molecule has 1 aromatic heterocycles. The molecule has 0 aliphatic rings. The number of carbonyl (C=O) groups is 1. The monoisotopic (exact) mass is 199 g/mol. The van der Waals surface area contributed by atoms with Crippen LogP contribution in [0.2, 0.25) is 0 Å². The molecule has 14 heavy (non-hydrogen) atoms. The van der Waals surface area contributed by atoms with E-state index < -0.39 is 17.2 Å². The van der Waals surface area contributed by atoms with Crippen LogP contribution in [0.4, 0.5) is 5.82 Å². The molecular weight excluding hydrogens is 192 g/mol. The van der Waals surface area contributed by atoms with Gasteiger partial charge in [0.1, 0.15) is 0 Å². The lowest BCUT2D eigenvalue weighted by Crippen LogP contribution is -2.29. The molecule has 0 spiro atoms. The maximum atomic E-state index is 11.0. The zero-order valence-electron chi connectivity index (χ0n) is 6.99. The zero-order valence-corrected chi connectivity index (χ0v) is 6.99. The highest BCUT2D eigenvalue weighted by Crippen LogP contribution is 1.86. The van der Waals surface area contributed by atoms with Crippen molar-refractivity contribution in [3.05, 3.63) is 20.8 Å². The summed E-state index contributed by atoms with van der Waals surface area (Å²) in [7, 11) is 0. The van der Waals surface area contributed by atoms with Gasteiger partial charge in [-0.1, -0.05) is 0 Å². The number of aliphatic carboxylic acids is 1. The number of carboxylic acid groups (broad SMARTS) is 1. The van der Waals surface area contributed by atoms with Crippen molar-refractivity contribution >= 4 is 11.8 Å². The number of nitrogens with zero attached hydrogens (tertiary/aromatic N) is 1. The van der Waals surface area contributed by atoms with Gasteiger partial charge in [-0.3, -0.25) is 9.78 Å². The molecule has 3 N–H and O–H groups in total. The fraction of sp³-hybridized carbons (Fsp3) is 0.333. The number of hydrogen-bond donors (Lipinski definition) is 3. The number of hydrogen-bond acceptors (Lipinski definition) is 6. The summed E-state index contributed by atoms with van der Waals surface area (Å²) in [6.07, 6.45) is -0.250. The van der Waals surface area contributed by atoms with Gasteiger partial charge in [-0.25, -0.2) is 9.89 Å². The lowest BCUT2D eigenvalue weighted by molar-refractivity contribution is -0.305. The molecule has 0 fully saturated rings. The van der Waals surface area contributed by atoms with E-state index in [0.717, 1.165) is 0 Å². The third-order valence-corrected chi connectivity index (χ3v) is 1.33. The summed E-state index contributed by atoms with van der Waals surface area (Å²) in [6, 6.07) is 0. The Morgan fingerprint density at radius 3 is 2.79 bits per heavy atom. The van der Waals surface area contributed by atoms with E-state index >= 15 is 0 Å². The highest BCUT2D eigenvalue weighted by Gasteiger charge is 1.99. The third-order valence-electron chi connectivity index (χ3n) is 1.33. The average molecular weight is 199 g/mol. The van der Waals surface area contributed by atoms with Crippen LogP contribution in [0, 0.1) is 0 Å². The first-order valence-electron chi connectivity index (χ1n) is 3.72. The first-order valence-corrected chi connectivity index (χ1v) is 3.72. The first kappa shape index (κ1) is 9.96. The Morgan fingerprint density at radius 2 is 2.21 bits per heavy atom. The molecule has 0 aromatic carbocycles. The van der Waals surface area contributed by atoms with E-state index in [0.29, 0.717) is 0 Å². The number of rotatable bonds is 4.